The molecule has 1 aliphatic rings. The zero-order valence-electron chi connectivity index (χ0n) is 18.8. The zero-order chi connectivity index (χ0) is 24.5. The molecule has 0 radical (unpaired) electrons. The maximum Gasteiger partial charge on any atom is 0.343 e. The summed E-state index contributed by atoms with van der Waals surface area (Å²) in [4.78, 5) is 24.6. The molecule has 8 nitrogen and oxygen atoms in total. The van der Waals surface area contributed by atoms with E-state index in [9.17, 15) is 18.0 Å². The van der Waals surface area contributed by atoms with Crippen LogP contribution in [0.25, 0.3) is 0 Å². The minimum Gasteiger partial charge on any atom is -0.493 e. The van der Waals surface area contributed by atoms with Crippen molar-refractivity contribution in [2.75, 3.05) is 18.5 Å². The Morgan fingerprint density at radius 2 is 1.62 bits per heavy atom. The number of carbonyl (C=O) groups excluding carboxylic acids is 2. The second-order valence-electron chi connectivity index (χ2n) is 7.76. The normalized spacial score (nSPS) is 14.9. The molecule has 3 aromatic carbocycles. The summed E-state index contributed by atoms with van der Waals surface area (Å²) in [5.74, 6) is -1.10. The van der Waals surface area contributed by atoms with Gasteiger partial charge in [0.25, 0.3) is 10.0 Å². The molecule has 0 N–H and O–H groups in total. The van der Waals surface area contributed by atoms with Crippen molar-refractivity contribution in [3.8, 4) is 11.5 Å². The number of nitrogens with zero attached hydrogens (tertiary/aromatic N) is 1. The van der Waals surface area contributed by atoms with Gasteiger partial charge in [0.2, 0.25) is 0 Å². The van der Waals surface area contributed by atoms with Gasteiger partial charge < -0.3 is 14.2 Å². The van der Waals surface area contributed by atoms with E-state index in [1.807, 2.05) is 19.1 Å². The number of hydrogen-bond acceptors (Lipinski definition) is 7. The first kappa shape index (κ1) is 23.3. The highest BCUT2D eigenvalue weighted by molar-refractivity contribution is 7.92. The number of para-hydroxylation sites is 1. The topological polar surface area (TPSA) is 99.2 Å². The number of sulfonamides is 1. The summed E-state index contributed by atoms with van der Waals surface area (Å²) in [5.41, 5.74) is 1.88. The van der Waals surface area contributed by atoms with Crippen molar-refractivity contribution >= 4 is 27.6 Å². The van der Waals surface area contributed by atoms with E-state index in [1.165, 1.54) is 61.0 Å². The molecule has 0 spiro atoms. The largest absolute Gasteiger partial charge is 0.493 e. The average Bonchev–Trinajstić information content (AvgIpc) is 3.20. The molecule has 9 heteroatoms. The fourth-order valence-electron chi connectivity index (χ4n) is 3.96. The lowest BCUT2D eigenvalue weighted by Crippen LogP contribution is -2.35. The molecule has 1 unspecified atom stereocenters. The molecule has 176 valence electrons. The third-order valence-electron chi connectivity index (χ3n) is 5.56. The van der Waals surface area contributed by atoms with Gasteiger partial charge in [-0.25, -0.2) is 18.0 Å². The van der Waals surface area contributed by atoms with Crippen molar-refractivity contribution in [3.05, 3.63) is 83.4 Å². The van der Waals surface area contributed by atoms with Crippen molar-refractivity contribution in [1.82, 2.24) is 0 Å². The van der Waals surface area contributed by atoms with Crippen molar-refractivity contribution < 1.29 is 32.2 Å². The molecule has 0 aliphatic carbocycles. The van der Waals surface area contributed by atoms with Crippen LogP contribution in [0.4, 0.5) is 5.69 Å². The molecule has 0 saturated heterocycles. The van der Waals surface area contributed by atoms with Gasteiger partial charge in [-0.3, -0.25) is 4.31 Å². The maximum absolute atomic E-state index is 13.5. The van der Waals surface area contributed by atoms with Gasteiger partial charge >= 0.3 is 11.9 Å². The quantitative estimate of drug-likeness (QED) is 0.390. The van der Waals surface area contributed by atoms with E-state index in [1.54, 1.807) is 12.1 Å². The summed E-state index contributed by atoms with van der Waals surface area (Å²) in [6.45, 7) is 1.85. The highest BCUT2D eigenvalue weighted by Crippen LogP contribution is 2.36. The summed E-state index contributed by atoms with van der Waals surface area (Å²) in [6.07, 6.45) is 0.610. The van der Waals surface area contributed by atoms with E-state index in [-0.39, 0.29) is 33.6 Å². The Balaban J connectivity index is 1.62. The van der Waals surface area contributed by atoms with Crippen molar-refractivity contribution in [2.24, 2.45) is 0 Å². The molecule has 0 amide bonds. The van der Waals surface area contributed by atoms with E-state index in [2.05, 4.69) is 4.74 Å². The zero-order valence-corrected chi connectivity index (χ0v) is 19.7. The Bertz CT molecular complexity index is 1370. The molecule has 34 heavy (non-hydrogen) atoms. The van der Waals surface area contributed by atoms with E-state index in [0.29, 0.717) is 12.1 Å². The van der Waals surface area contributed by atoms with Crippen molar-refractivity contribution in [3.63, 3.8) is 0 Å². The molecule has 1 heterocycles. The van der Waals surface area contributed by atoms with E-state index in [4.69, 9.17) is 9.47 Å². The SMILES string of the molecule is COC(=O)c1ccc(OC(=O)c2cccc(S(=O)(=O)N3c4ccccc4CC3C)c2)c(OC)c1. The number of rotatable bonds is 6. The van der Waals surface area contributed by atoms with Crippen LogP contribution >= 0.6 is 0 Å². The summed E-state index contributed by atoms with van der Waals surface area (Å²) in [7, 11) is -1.29. The van der Waals surface area contributed by atoms with Gasteiger partial charge in [-0.2, -0.15) is 0 Å². The third-order valence-corrected chi connectivity index (χ3v) is 7.48. The standard InChI is InChI=1S/C25H23NO7S/c1-16-13-17-7-4-5-10-21(17)26(16)34(29,30)20-9-6-8-18(14-20)25(28)33-22-12-11-19(24(27)32-3)15-23(22)31-2/h4-12,14-16H,13H2,1-3H3. The van der Waals surface area contributed by atoms with Crippen LogP contribution in [0.1, 0.15) is 33.2 Å². The number of methoxy groups -OCH3 is 2. The van der Waals surface area contributed by atoms with E-state index in [0.717, 1.165) is 5.56 Å². The lowest BCUT2D eigenvalue weighted by molar-refractivity contribution is 0.0600. The van der Waals surface area contributed by atoms with Gasteiger partial charge in [-0.05, 0) is 61.4 Å². The van der Waals surface area contributed by atoms with Crippen LogP contribution < -0.4 is 13.8 Å². The molecule has 4 rings (SSSR count). The average molecular weight is 482 g/mol. The fourth-order valence-corrected chi connectivity index (χ4v) is 5.69. The Morgan fingerprint density at radius 1 is 0.882 bits per heavy atom. The van der Waals surface area contributed by atoms with Crippen LogP contribution in [0.15, 0.2) is 71.6 Å². The molecule has 0 fully saturated rings. The maximum atomic E-state index is 13.5. The molecule has 1 aliphatic heterocycles. The van der Waals surface area contributed by atoms with Crippen molar-refractivity contribution in [1.29, 1.82) is 0 Å². The van der Waals surface area contributed by atoms with Crippen LogP contribution in [0, 0.1) is 0 Å². The first-order chi connectivity index (χ1) is 16.3. The van der Waals surface area contributed by atoms with Crippen LogP contribution in [0.3, 0.4) is 0 Å². The number of esters is 2. The first-order valence-electron chi connectivity index (χ1n) is 10.5. The third kappa shape index (κ3) is 4.22. The lowest BCUT2D eigenvalue weighted by atomic mass is 10.1. The molecular formula is C25H23NO7S. The van der Waals surface area contributed by atoms with Crippen LogP contribution in [0.5, 0.6) is 11.5 Å². The summed E-state index contributed by atoms with van der Waals surface area (Å²) in [6, 6.07) is 17.1. The number of benzene rings is 3. The fraction of sp³-hybridized carbons (Fsp3) is 0.200. The smallest absolute Gasteiger partial charge is 0.343 e. The Hall–Kier alpha value is -3.85. The number of carbonyl (C=O) groups is 2. The van der Waals surface area contributed by atoms with Gasteiger partial charge in [0.1, 0.15) is 0 Å². The van der Waals surface area contributed by atoms with Gasteiger partial charge in [0.05, 0.1) is 35.9 Å². The first-order valence-corrected chi connectivity index (χ1v) is 11.9. The Labute approximate surface area is 197 Å². The molecule has 0 saturated carbocycles. The van der Waals surface area contributed by atoms with E-state index >= 15 is 0 Å². The van der Waals surface area contributed by atoms with Gasteiger partial charge in [0.15, 0.2) is 11.5 Å². The van der Waals surface area contributed by atoms with E-state index < -0.39 is 22.0 Å². The summed E-state index contributed by atoms with van der Waals surface area (Å²) < 4.78 is 43.7. The van der Waals surface area contributed by atoms with Crippen LogP contribution in [-0.4, -0.2) is 40.6 Å². The minimum absolute atomic E-state index is 0.0153. The highest BCUT2D eigenvalue weighted by atomic mass is 32.2. The Kier molecular flexibility index (Phi) is 6.30. The molecule has 1 atom stereocenters. The number of anilines is 1. The molecule has 3 aromatic rings. The summed E-state index contributed by atoms with van der Waals surface area (Å²) in [5, 5.41) is 0. The second-order valence-corrected chi connectivity index (χ2v) is 9.57. The Morgan fingerprint density at radius 3 is 2.35 bits per heavy atom. The molecular weight excluding hydrogens is 458 g/mol. The van der Waals surface area contributed by atoms with Gasteiger partial charge in [-0.15, -0.1) is 0 Å². The lowest BCUT2D eigenvalue weighted by Gasteiger charge is -2.24. The van der Waals surface area contributed by atoms with Crippen molar-refractivity contribution in [2.45, 2.75) is 24.3 Å². The highest BCUT2D eigenvalue weighted by Gasteiger charge is 2.36. The van der Waals surface area contributed by atoms with Crippen LogP contribution in [-0.2, 0) is 21.2 Å². The van der Waals surface area contributed by atoms with Crippen LogP contribution in [0.2, 0.25) is 0 Å². The monoisotopic (exact) mass is 481 g/mol. The number of fused-ring (bicyclic) bond motifs is 1. The number of hydrogen-bond donors (Lipinski definition) is 0. The number of ether oxygens (including phenoxy) is 3. The second kappa shape index (κ2) is 9.18. The van der Waals surface area contributed by atoms with Gasteiger partial charge in [0, 0.05) is 6.04 Å². The van der Waals surface area contributed by atoms with Gasteiger partial charge in [-0.1, -0.05) is 24.3 Å². The molecule has 0 aromatic heterocycles. The minimum atomic E-state index is -3.91. The predicted octanol–water partition coefficient (Wildman–Crippen LogP) is 3.84. The predicted molar refractivity (Wildman–Crippen MR) is 125 cm³/mol. The molecule has 0 bridgehead atoms. The summed E-state index contributed by atoms with van der Waals surface area (Å²) >= 11 is 0.